The smallest absolute Gasteiger partial charge is 0.310 e. The van der Waals surface area contributed by atoms with Crippen molar-refractivity contribution in [2.75, 3.05) is 18.5 Å². The monoisotopic (exact) mass is 319 g/mol. The number of halogens is 2. The van der Waals surface area contributed by atoms with Crippen LogP contribution in [0.2, 0.25) is 5.02 Å². The van der Waals surface area contributed by atoms with E-state index in [2.05, 4.69) is 21.2 Å². The molecular weight excluding hydrogens is 305 g/mol. The van der Waals surface area contributed by atoms with E-state index in [1.54, 1.807) is 13.0 Å². The normalized spacial score (nSPS) is 12.0. The van der Waals surface area contributed by atoms with E-state index in [0.29, 0.717) is 18.2 Å². The van der Waals surface area contributed by atoms with Crippen LogP contribution in [0.5, 0.6) is 0 Å². The Morgan fingerprint density at radius 3 is 2.88 bits per heavy atom. The number of hydrogen-bond donors (Lipinski definition) is 1. The number of anilines is 1. The lowest BCUT2D eigenvalue weighted by molar-refractivity contribution is -0.146. The number of carbonyl (C=O) groups is 1. The lowest BCUT2D eigenvalue weighted by atomic mass is 10.2. The van der Waals surface area contributed by atoms with Gasteiger partial charge < -0.3 is 10.1 Å². The fourth-order valence-corrected chi connectivity index (χ4v) is 1.74. The SMILES string of the molecule is CCOC(=O)C(C)CNc1ccc(Cl)c(Br)c1. The van der Waals surface area contributed by atoms with E-state index in [9.17, 15) is 4.79 Å². The highest BCUT2D eigenvalue weighted by Crippen LogP contribution is 2.25. The summed E-state index contributed by atoms with van der Waals surface area (Å²) in [7, 11) is 0. The summed E-state index contributed by atoms with van der Waals surface area (Å²) in [6, 6.07) is 5.54. The zero-order valence-electron chi connectivity index (χ0n) is 9.80. The molecule has 0 heterocycles. The Balaban J connectivity index is 2.50. The van der Waals surface area contributed by atoms with Gasteiger partial charge in [0.05, 0.1) is 17.5 Å². The molecule has 0 aliphatic carbocycles. The molecule has 1 aromatic rings. The highest BCUT2D eigenvalue weighted by molar-refractivity contribution is 9.10. The summed E-state index contributed by atoms with van der Waals surface area (Å²) in [5, 5.41) is 3.82. The number of esters is 1. The third-order valence-electron chi connectivity index (χ3n) is 2.22. The fourth-order valence-electron chi connectivity index (χ4n) is 1.24. The van der Waals surface area contributed by atoms with E-state index in [1.165, 1.54) is 0 Å². The summed E-state index contributed by atoms with van der Waals surface area (Å²) in [6.07, 6.45) is 0. The van der Waals surface area contributed by atoms with Crippen LogP contribution in [0.1, 0.15) is 13.8 Å². The van der Waals surface area contributed by atoms with Crippen molar-refractivity contribution >= 4 is 39.2 Å². The molecule has 1 rings (SSSR count). The van der Waals surface area contributed by atoms with Crippen LogP contribution >= 0.6 is 27.5 Å². The van der Waals surface area contributed by atoms with Gasteiger partial charge in [-0.05, 0) is 41.1 Å². The maximum Gasteiger partial charge on any atom is 0.310 e. The maximum absolute atomic E-state index is 11.4. The quantitative estimate of drug-likeness (QED) is 0.840. The van der Waals surface area contributed by atoms with Gasteiger partial charge in [-0.2, -0.15) is 0 Å². The van der Waals surface area contributed by atoms with Crippen LogP contribution in [0.3, 0.4) is 0 Å². The van der Waals surface area contributed by atoms with Crippen molar-refractivity contribution in [2.45, 2.75) is 13.8 Å². The summed E-state index contributed by atoms with van der Waals surface area (Å²) in [5.74, 6) is -0.363. The minimum Gasteiger partial charge on any atom is -0.466 e. The summed E-state index contributed by atoms with van der Waals surface area (Å²) < 4.78 is 5.75. The van der Waals surface area contributed by atoms with Crippen LogP contribution in [-0.4, -0.2) is 19.1 Å². The van der Waals surface area contributed by atoms with E-state index in [4.69, 9.17) is 16.3 Å². The molecule has 0 aliphatic rings. The van der Waals surface area contributed by atoms with Crippen molar-refractivity contribution in [3.05, 3.63) is 27.7 Å². The largest absolute Gasteiger partial charge is 0.466 e. The number of ether oxygens (including phenoxy) is 1. The molecule has 3 nitrogen and oxygen atoms in total. The van der Waals surface area contributed by atoms with Gasteiger partial charge in [-0.15, -0.1) is 0 Å². The maximum atomic E-state index is 11.4. The Bertz CT molecular complexity index is 398. The molecule has 0 radical (unpaired) electrons. The fraction of sp³-hybridized carbons (Fsp3) is 0.417. The van der Waals surface area contributed by atoms with Crippen molar-refractivity contribution in [3.63, 3.8) is 0 Å². The molecule has 1 atom stereocenters. The molecule has 0 amide bonds. The minimum absolute atomic E-state index is 0.176. The molecular formula is C12H15BrClNO2. The standard InChI is InChI=1S/C12H15BrClNO2/c1-3-17-12(16)8(2)7-15-9-4-5-11(14)10(13)6-9/h4-6,8,15H,3,7H2,1-2H3. The van der Waals surface area contributed by atoms with Gasteiger partial charge in [0.25, 0.3) is 0 Å². The molecule has 1 unspecified atom stereocenters. The van der Waals surface area contributed by atoms with Crippen LogP contribution in [0, 0.1) is 5.92 Å². The first kappa shape index (κ1) is 14.3. The van der Waals surface area contributed by atoms with E-state index >= 15 is 0 Å². The van der Waals surface area contributed by atoms with Gasteiger partial charge in [-0.1, -0.05) is 18.5 Å². The second-order valence-corrected chi connectivity index (χ2v) is 4.92. The third-order valence-corrected chi connectivity index (χ3v) is 3.43. The van der Waals surface area contributed by atoms with E-state index in [-0.39, 0.29) is 11.9 Å². The summed E-state index contributed by atoms with van der Waals surface area (Å²) in [5.41, 5.74) is 0.914. The second kappa shape index (κ2) is 6.87. The molecule has 0 aliphatic heterocycles. The zero-order valence-corrected chi connectivity index (χ0v) is 12.1. The van der Waals surface area contributed by atoms with Crippen LogP contribution in [-0.2, 0) is 9.53 Å². The molecule has 0 saturated carbocycles. The van der Waals surface area contributed by atoms with Crippen LogP contribution < -0.4 is 5.32 Å². The molecule has 1 aromatic carbocycles. The molecule has 1 N–H and O–H groups in total. The number of benzene rings is 1. The highest BCUT2D eigenvalue weighted by Gasteiger charge is 2.13. The Morgan fingerprint density at radius 2 is 2.29 bits per heavy atom. The van der Waals surface area contributed by atoms with Crippen molar-refractivity contribution in [1.29, 1.82) is 0 Å². The molecule has 0 aromatic heterocycles. The Morgan fingerprint density at radius 1 is 1.59 bits per heavy atom. The lowest BCUT2D eigenvalue weighted by Gasteiger charge is -2.12. The highest BCUT2D eigenvalue weighted by atomic mass is 79.9. The third kappa shape index (κ3) is 4.56. The molecule has 0 bridgehead atoms. The number of hydrogen-bond acceptors (Lipinski definition) is 3. The molecule has 0 fully saturated rings. The Hall–Kier alpha value is -0.740. The minimum atomic E-state index is -0.187. The molecule has 0 saturated heterocycles. The van der Waals surface area contributed by atoms with Crippen LogP contribution in [0.25, 0.3) is 0 Å². The van der Waals surface area contributed by atoms with Gasteiger partial charge in [0, 0.05) is 16.7 Å². The first-order valence-corrected chi connectivity index (χ1v) is 6.57. The second-order valence-electron chi connectivity index (χ2n) is 3.66. The van der Waals surface area contributed by atoms with Gasteiger partial charge in [0.1, 0.15) is 0 Å². The topological polar surface area (TPSA) is 38.3 Å². The predicted octanol–water partition coefficient (Wildman–Crippen LogP) is 3.71. The van der Waals surface area contributed by atoms with Gasteiger partial charge in [0.2, 0.25) is 0 Å². The lowest BCUT2D eigenvalue weighted by Crippen LogP contribution is -2.22. The molecule has 5 heteroatoms. The molecule has 0 spiro atoms. The molecule has 94 valence electrons. The number of rotatable bonds is 5. The Labute approximate surface area is 115 Å². The zero-order chi connectivity index (χ0) is 12.8. The van der Waals surface area contributed by atoms with E-state index in [0.717, 1.165) is 10.2 Å². The summed E-state index contributed by atoms with van der Waals surface area (Å²) in [4.78, 5) is 11.4. The van der Waals surface area contributed by atoms with Crippen LogP contribution in [0.4, 0.5) is 5.69 Å². The van der Waals surface area contributed by atoms with Crippen molar-refractivity contribution in [2.24, 2.45) is 5.92 Å². The first-order valence-electron chi connectivity index (χ1n) is 5.40. The van der Waals surface area contributed by atoms with Crippen molar-refractivity contribution < 1.29 is 9.53 Å². The van der Waals surface area contributed by atoms with Crippen molar-refractivity contribution in [1.82, 2.24) is 0 Å². The Kier molecular flexibility index (Phi) is 5.78. The van der Waals surface area contributed by atoms with E-state index < -0.39 is 0 Å². The van der Waals surface area contributed by atoms with Gasteiger partial charge in [-0.25, -0.2) is 0 Å². The molecule has 17 heavy (non-hydrogen) atoms. The van der Waals surface area contributed by atoms with Crippen molar-refractivity contribution in [3.8, 4) is 0 Å². The summed E-state index contributed by atoms with van der Waals surface area (Å²) in [6.45, 7) is 4.58. The summed E-state index contributed by atoms with van der Waals surface area (Å²) >= 11 is 9.23. The van der Waals surface area contributed by atoms with Gasteiger partial charge in [0.15, 0.2) is 0 Å². The number of carbonyl (C=O) groups excluding carboxylic acids is 1. The van der Waals surface area contributed by atoms with Crippen LogP contribution in [0.15, 0.2) is 22.7 Å². The first-order chi connectivity index (χ1) is 8.04. The average molecular weight is 321 g/mol. The number of nitrogens with one attached hydrogen (secondary N) is 1. The van der Waals surface area contributed by atoms with E-state index in [1.807, 2.05) is 19.1 Å². The average Bonchev–Trinajstić information content (AvgIpc) is 2.30. The van der Waals surface area contributed by atoms with Gasteiger partial charge in [-0.3, -0.25) is 4.79 Å². The van der Waals surface area contributed by atoms with Gasteiger partial charge >= 0.3 is 5.97 Å². The predicted molar refractivity (Wildman–Crippen MR) is 73.4 cm³/mol.